The van der Waals surface area contributed by atoms with Crippen LogP contribution in [0.1, 0.15) is 61.5 Å². The molecular formula is C25H31N3O3. The molecule has 6 heteroatoms. The number of carbonyl (C=O) groups excluding carboxylic acids is 3. The summed E-state index contributed by atoms with van der Waals surface area (Å²) in [6.45, 7) is 7.84. The monoisotopic (exact) mass is 421 g/mol. The topological polar surface area (TPSA) is 78.5 Å². The smallest absolute Gasteiger partial charge is 0.251 e. The first-order valence-corrected chi connectivity index (χ1v) is 10.8. The highest BCUT2D eigenvalue weighted by Gasteiger charge is 2.21. The Kier molecular flexibility index (Phi) is 7.10. The number of benzene rings is 2. The second-order valence-corrected chi connectivity index (χ2v) is 8.93. The molecule has 1 saturated heterocycles. The van der Waals surface area contributed by atoms with Crippen LogP contribution in [0.4, 0.5) is 5.69 Å². The second-order valence-electron chi connectivity index (χ2n) is 8.93. The Bertz CT molecular complexity index is 928. The molecule has 2 aromatic rings. The summed E-state index contributed by atoms with van der Waals surface area (Å²) in [5.74, 6) is -0.143. The van der Waals surface area contributed by atoms with Gasteiger partial charge in [-0.2, -0.15) is 0 Å². The van der Waals surface area contributed by atoms with Crippen LogP contribution in [0.25, 0.3) is 0 Å². The van der Waals surface area contributed by atoms with Crippen LogP contribution in [0.2, 0.25) is 0 Å². The first kappa shape index (κ1) is 22.5. The molecule has 1 aliphatic heterocycles. The molecule has 0 bridgehead atoms. The Morgan fingerprint density at radius 3 is 2.23 bits per heavy atom. The van der Waals surface area contributed by atoms with E-state index in [0.29, 0.717) is 18.5 Å². The highest BCUT2D eigenvalue weighted by molar-refractivity contribution is 5.95. The minimum atomic E-state index is -0.180. The minimum Gasteiger partial charge on any atom is -0.352 e. The van der Waals surface area contributed by atoms with Gasteiger partial charge in [-0.3, -0.25) is 14.4 Å². The molecule has 3 amide bonds. The highest BCUT2D eigenvalue weighted by Crippen LogP contribution is 2.22. The van der Waals surface area contributed by atoms with Gasteiger partial charge in [0.15, 0.2) is 0 Å². The lowest BCUT2D eigenvalue weighted by Gasteiger charge is -2.19. The largest absolute Gasteiger partial charge is 0.352 e. The van der Waals surface area contributed by atoms with E-state index in [1.165, 1.54) is 5.56 Å². The fraction of sp³-hybridized carbons (Fsp3) is 0.400. The molecule has 0 spiro atoms. The molecule has 164 valence electrons. The van der Waals surface area contributed by atoms with E-state index >= 15 is 0 Å². The predicted octanol–water partition coefficient (Wildman–Crippen LogP) is 3.55. The molecule has 0 saturated carbocycles. The fourth-order valence-corrected chi connectivity index (χ4v) is 3.52. The number of amides is 3. The first-order valence-electron chi connectivity index (χ1n) is 10.8. The molecule has 31 heavy (non-hydrogen) atoms. The van der Waals surface area contributed by atoms with Crippen molar-refractivity contribution in [2.24, 2.45) is 0 Å². The summed E-state index contributed by atoms with van der Waals surface area (Å²) < 4.78 is 0. The lowest BCUT2D eigenvalue weighted by atomic mass is 9.87. The Morgan fingerprint density at radius 2 is 1.65 bits per heavy atom. The molecule has 0 aliphatic carbocycles. The molecule has 0 aromatic heterocycles. The van der Waals surface area contributed by atoms with E-state index in [4.69, 9.17) is 0 Å². The van der Waals surface area contributed by atoms with E-state index < -0.39 is 0 Å². The Labute approximate surface area is 184 Å². The van der Waals surface area contributed by atoms with Gasteiger partial charge in [0.2, 0.25) is 11.8 Å². The molecule has 1 fully saturated rings. The summed E-state index contributed by atoms with van der Waals surface area (Å²) in [5, 5.41) is 5.66. The lowest BCUT2D eigenvalue weighted by Crippen LogP contribution is -2.30. The molecule has 0 atom stereocenters. The Morgan fingerprint density at radius 1 is 0.968 bits per heavy atom. The number of nitrogens with one attached hydrogen (secondary N) is 2. The van der Waals surface area contributed by atoms with Crippen molar-refractivity contribution in [1.29, 1.82) is 0 Å². The van der Waals surface area contributed by atoms with Crippen molar-refractivity contribution in [2.45, 2.75) is 52.0 Å². The van der Waals surface area contributed by atoms with Crippen LogP contribution in [0.15, 0.2) is 48.5 Å². The normalized spacial score (nSPS) is 13.9. The van der Waals surface area contributed by atoms with Gasteiger partial charge >= 0.3 is 0 Å². The van der Waals surface area contributed by atoms with Gasteiger partial charge in [-0.05, 0) is 47.2 Å². The molecule has 2 N–H and O–H groups in total. The van der Waals surface area contributed by atoms with Gasteiger partial charge in [0.05, 0.1) is 0 Å². The number of hydrogen-bond acceptors (Lipinski definition) is 3. The van der Waals surface area contributed by atoms with Gasteiger partial charge in [0.1, 0.15) is 0 Å². The van der Waals surface area contributed by atoms with E-state index in [0.717, 1.165) is 24.2 Å². The van der Waals surface area contributed by atoms with Crippen molar-refractivity contribution in [3.05, 3.63) is 65.2 Å². The van der Waals surface area contributed by atoms with E-state index in [2.05, 4.69) is 31.4 Å². The predicted molar refractivity (Wildman–Crippen MR) is 122 cm³/mol. The van der Waals surface area contributed by atoms with Crippen LogP contribution in [0.5, 0.6) is 0 Å². The van der Waals surface area contributed by atoms with Gasteiger partial charge in [-0.1, -0.05) is 45.0 Å². The van der Waals surface area contributed by atoms with Crippen molar-refractivity contribution in [1.82, 2.24) is 10.6 Å². The summed E-state index contributed by atoms with van der Waals surface area (Å²) >= 11 is 0. The second kappa shape index (κ2) is 9.77. The molecular weight excluding hydrogens is 390 g/mol. The van der Waals surface area contributed by atoms with Gasteiger partial charge in [-0.15, -0.1) is 0 Å². The molecule has 1 aliphatic rings. The maximum absolute atomic E-state index is 12.3. The van der Waals surface area contributed by atoms with Crippen molar-refractivity contribution in [3.8, 4) is 0 Å². The number of carbonyl (C=O) groups is 3. The SMILES string of the molecule is CC(C)(C)c1ccc(C(=O)NCCC(=O)NCc2ccc(N3CCCC3=O)cc2)cc1. The summed E-state index contributed by atoms with van der Waals surface area (Å²) in [7, 11) is 0. The third-order valence-electron chi connectivity index (χ3n) is 5.46. The molecule has 3 rings (SSSR count). The minimum absolute atomic E-state index is 0.0407. The highest BCUT2D eigenvalue weighted by atomic mass is 16.2. The average Bonchev–Trinajstić information content (AvgIpc) is 3.18. The zero-order valence-electron chi connectivity index (χ0n) is 18.5. The van der Waals surface area contributed by atoms with Crippen molar-refractivity contribution < 1.29 is 14.4 Å². The quantitative estimate of drug-likeness (QED) is 0.718. The van der Waals surface area contributed by atoms with Crippen LogP contribution in [0.3, 0.4) is 0 Å². The number of hydrogen-bond donors (Lipinski definition) is 2. The third-order valence-corrected chi connectivity index (χ3v) is 5.46. The summed E-state index contributed by atoms with van der Waals surface area (Å²) in [5.41, 5.74) is 3.66. The van der Waals surface area contributed by atoms with Crippen LogP contribution >= 0.6 is 0 Å². The summed E-state index contributed by atoms with van der Waals surface area (Å²) in [6, 6.07) is 15.2. The van der Waals surface area contributed by atoms with Crippen molar-refractivity contribution in [2.75, 3.05) is 18.0 Å². The fourth-order valence-electron chi connectivity index (χ4n) is 3.52. The van der Waals surface area contributed by atoms with E-state index in [1.807, 2.05) is 48.5 Å². The van der Waals surface area contributed by atoms with Gasteiger partial charge in [0.25, 0.3) is 5.91 Å². The summed E-state index contributed by atoms with van der Waals surface area (Å²) in [4.78, 5) is 38.0. The average molecular weight is 422 g/mol. The first-order chi connectivity index (χ1) is 14.7. The van der Waals surface area contributed by atoms with Crippen LogP contribution in [-0.2, 0) is 21.5 Å². The maximum Gasteiger partial charge on any atom is 0.251 e. The summed E-state index contributed by atoms with van der Waals surface area (Å²) in [6.07, 6.45) is 1.72. The number of nitrogens with zero attached hydrogens (tertiary/aromatic N) is 1. The molecule has 0 unspecified atom stereocenters. The van der Waals surface area contributed by atoms with Crippen LogP contribution in [-0.4, -0.2) is 30.8 Å². The van der Waals surface area contributed by atoms with Crippen LogP contribution in [0, 0.1) is 0 Å². The molecule has 6 nitrogen and oxygen atoms in total. The van der Waals surface area contributed by atoms with E-state index in [-0.39, 0.29) is 36.1 Å². The molecule has 2 aromatic carbocycles. The van der Waals surface area contributed by atoms with E-state index in [1.54, 1.807) is 4.90 Å². The molecule has 1 heterocycles. The van der Waals surface area contributed by atoms with Gasteiger partial charge in [-0.25, -0.2) is 0 Å². The van der Waals surface area contributed by atoms with Crippen molar-refractivity contribution >= 4 is 23.4 Å². The zero-order chi connectivity index (χ0) is 22.4. The maximum atomic E-state index is 12.3. The van der Waals surface area contributed by atoms with Crippen LogP contribution < -0.4 is 15.5 Å². The standard InChI is InChI=1S/C25H31N3O3/c1-25(2,3)20-10-8-19(9-11-20)24(31)26-15-14-22(29)27-17-18-6-12-21(13-7-18)28-16-4-5-23(28)30/h6-13H,4-5,14-17H2,1-3H3,(H,26,31)(H,27,29). The Balaban J connectivity index is 1.39. The zero-order valence-corrected chi connectivity index (χ0v) is 18.5. The molecule has 0 radical (unpaired) electrons. The van der Waals surface area contributed by atoms with Gasteiger partial charge in [0, 0.05) is 43.7 Å². The lowest BCUT2D eigenvalue weighted by molar-refractivity contribution is -0.121. The Hall–Kier alpha value is -3.15. The number of anilines is 1. The third kappa shape index (κ3) is 6.17. The number of rotatable bonds is 7. The van der Waals surface area contributed by atoms with E-state index in [9.17, 15) is 14.4 Å². The van der Waals surface area contributed by atoms with Crippen molar-refractivity contribution in [3.63, 3.8) is 0 Å². The van der Waals surface area contributed by atoms with Gasteiger partial charge < -0.3 is 15.5 Å².